The number of carbonyl (C=O) groups is 10. The molecule has 4 unspecified atom stereocenters. The van der Waals surface area contributed by atoms with Crippen molar-refractivity contribution in [2.75, 3.05) is 20.8 Å². The smallest absolute Gasteiger partial charge is 0.329 e. The number of methoxy groups -OCH3 is 1. The molecule has 2 aromatic rings. The standard InChI is InChI=1S/C54H79N9O17/c1-9-28(4)43-54(78)80-30(6)44(61-47(71)36(20-22-41(55)68)56-46(70)35(57-50(74)40(67)26-64)19-14-31-10-15-33(66)16-11-31)51(75)59-38(24-27(2)3)48(72)58-37-21-23-42(69)63(52(37)76)45(29(5)65)53(77)62(7)39(49(73)60-43)25-32-12-17-34(79-8)18-13-32/h10-13,15-18,27-30,35-40,42-45,64-67,69H,9,14,19-26H2,1-8H3,(H2,55,68)(H,56,70)(H,57,74)(H,58,72)(H,59,75)(H,60,73)(H,61,71)/t28-,29-,30-,35+,36-,37-,38-,39?,40-,42+,43?,44?,45?/m0/s1. The van der Waals surface area contributed by atoms with Gasteiger partial charge in [-0.1, -0.05) is 58.4 Å². The highest BCUT2D eigenvalue weighted by Crippen LogP contribution is 2.26. The molecule has 13 N–H and O–H groups in total. The Morgan fingerprint density at radius 1 is 0.812 bits per heavy atom. The molecular formula is C54H79N9O17. The monoisotopic (exact) mass is 1130 g/mol. The van der Waals surface area contributed by atoms with Crippen LogP contribution in [0.15, 0.2) is 48.5 Å². The molecule has 9 amide bonds. The van der Waals surface area contributed by atoms with Crippen molar-refractivity contribution in [3.8, 4) is 11.5 Å². The Morgan fingerprint density at radius 3 is 2.00 bits per heavy atom. The van der Waals surface area contributed by atoms with Crippen molar-refractivity contribution >= 4 is 59.1 Å². The topological polar surface area (TPSA) is 395 Å². The molecule has 2 fully saturated rings. The molecular weight excluding hydrogens is 1050 g/mol. The van der Waals surface area contributed by atoms with Crippen molar-refractivity contribution in [2.45, 2.75) is 172 Å². The molecule has 2 saturated heterocycles. The van der Waals surface area contributed by atoms with Crippen LogP contribution in [0.3, 0.4) is 0 Å². The molecule has 2 aliphatic heterocycles. The van der Waals surface area contributed by atoms with E-state index < -0.39 is 157 Å². The highest BCUT2D eigenvalue weighted by atomic mass is 16.5. The van der Waals surface area contributed by atoms with Crippen molar-refractivity contribution < 1.29 is 83.0 Å². The molecule has 2 aromatic carbocycles. The number of likely N-dealkylation sites (N-methyl/N-ethyl adjacent to an activating group) is 1. The SMILES string of the molecule is CC[C@H](C)C1NC(=O)C(Cc2ccc(OC)cc2)N(C)C(=O)C([C@H](C)O)N2C(=O)[C@H](CC[C@H]2O)NC(=O)[C@H](CC(C)C)NC(=O)C(NC(=O)[C@H](CCC(N)=O)NC(=O)[C@@H](CCc2ccc(O)cc2)NC(=O)[C@@H](O)CO)[C@H](C)OC1=O. The Hall–Kier alpha value is -7.42. The van der Waals surface area contributed by atoms with Gasteiger partial charge in [0.2, 0.25) is 47.3 Å². The highest BCUT2D eigenvalue weighted by molar-refractivity contribution is 5.99. The van der Waals surface area contributed by atoms with E-state index in [0.717, 1.165) is 9.80 Å². The minimum atomic E-state index is -1.95. The van der Waals surface area contributed by atoms with Gasteiger partial charge in [-0.15, -0.1) is 0 Å². The third-order valence-electron chi connectivity index (χ3n) is 14.2. The van der Waals surface area contributed by atoms with Crippen LogP contribution in [-0.2, 0) is 65.5 Å². The lowest BCUT2D eigenvalue weighted by Crippen LogP contribution is -2.67. The van der Waals surface area contributed by atoms with Gasteiger partial charge in [0, 0.05) is 19.9 Å². The van der Waals surface area contributed by atoms with E-state index in [1.165, 1.54) is 40.1 Å². The molecule has 2 aliphatic rings. The maximum Gasteiger partial charge on any atom is 0.329 e. The molecule has 0 saturated carbocycles. The normalized spacial score (nSPS) is 24.5. The molecule has 2 heterocycles. The number of piperidine rings is 1. The maximum atomic E-state index is 14.8. The summed E-state index contributed by atoms with van der Waals surface area (Å²) in [7, 11) is 2.71. The number of nitrogens with zero attached hydrogens (tertiary/aromatic N) is 2. The average Bonchev–Trinajstić information content (AvgIpc) is 3.43. The van der Waals surface area contributed by atoms with E-state index in [1.807, 2.05) is 0 Å². The van der Waals surface area contributed by atoms with Crippen LogP contribution in [0.5, 0.6) is 11.5 Å². The number of amides is 9. The molecule has 26 heteroatoms. The summed E-state index contributed by atoms with van der Waals surface area (Å²) in [6, 6.07) is -0.531. The lowest BCUT2D eigenvalue weighted by Gasteiger charge is -2.43. The fourth-order valence-electron chi connectivity index (χ4n) is 9.22. The predicted molar refractivity (Wildman–Crippen MR) is 285 cm³/mol. The van der Waals surface area contributed by atoms with Crippen LogP contribution in [0.4, 0.5) is 0 Å². The zero-order valence-electron chi connectivity index (χ0n) is 46.4. The van der Waals surface area contributed by atoms with Crippen molar-refractivity contribution in [1.29, 1.82) is 0 Å². The Morgan fingerprint density at radius 2 is 1.43 bits per heavy atom. The van der Waals surface area contributed by atoms with Gasteiger partial charge in [0.25, 0.3) is 5.91 Å². The summed E-state index contributed by atoms with van der Waals surface area (Å²) in [5, 5.41) is 67.0. The van der Waals surface area contributed by atoms with E-state index in [9.17, 15) is 73.5 Å². The number of hydrogen-bond donors (Lipinski definition) is 12. The summed E-state index contributed by atoms with van der Waals surface area (Å²) in [6.07, 6.45) is -8.43. The number of carbonyl (C=O) groups excluding carboxylic acids is 10. The lowest BCUT2D eigenvalue weighted by molar-refractivity contribution is -0.170. The summed E-state index contributed by atoms with van der Waals surface area (Å²) in [5.41, 5.74) is 6.58. The van der Waals surface area contributed by atoms with Gasteiger partial charge in [0.15, 0.2) is 6.10 Å². The van der Waals surface area contributed by atoms with E-state index in [4.69, 9.17) is 15.2 Å². The zero-order valence-corrected chi connectivity index (χ0v) is 46.4. The first-order valence-electron chi connectivity index (χ1n) is 26.7. The van der Waals surface area contributed by atoms with Crippen LogP contribution >= 0.6 is 0 Å². The van der Waals surface area contributed by atoms with Crippen molar-refractivity contribution in [1.82, 2.24) is 41.7 Å². The van der Waals surface area contributed by atoms with Crippen LogP contribution in [-0.4, -0.2) is 188 Å². The van der Waals surface area contributed by atoms with Gasteiger partial charge in [0.05, 0.1) is 19.8 Å². The van der Waals surface area contributed by atoms with Gasteiger partial charge in [-0.05, 0) is 99.6 Å². The minimum Gasteiger partial charge on any atom is -0.508 e. The number of aromatic hydroxyl groups is 1. The summed E-state index contributed by atoms with van der Waals surface area (Å²) in [4.78, 5) is 143. The molecule has 0 spiro atoms. The van der Waals surface area contributed by atoms with Crippen LogP contribution in [0.1, 0.15) is 97.6 Å². The number of phenolic OH excluding ortho intramolecular Hbond substituents is 1. The number of fused-ring (bicyclic) bond motifs is 2. The summed E-state index contributed by atoms with van der Waals surface area (Å²) in [6.45, 7) is 8.20. The van der Waals surface area contributed by atoms with Gasteiger partial charge >= 0.3 is 5.97 Å². The second-order valence-electron chi connectivity index (χ2n) is 20.8. The number of cyclic esters (lactones) is 1. The average molecular weight is 1130 g/mol. The molecule has 0 radical (unpaired) electrons. The van der Waals surface area contributed by atoms with E-state index in [-0.39, 0.29) is 56.6 Å². The van der Waals surface area contributed by atoms with Crippen LogP contribution in [0, 0.1) is 11.8 Å². The number of nitrogens with one attached hydrogen (secondary N) is 6. The quantitative estimate of drug-likeness (QED) is 0.0583. The second-order valence-corrected chi connectivity index (χ2v) is 20.8. The van der Waals surface area contributed by atoms with Crippen LogP contribution < -0.4 is 42.4 Å². The number of ether oxygens (including phenoxy) is 2. The summed E-state index contributed by atoms with van der Waals surface area (Å²) >= 11 is 0. The number of phenols is 1. The van der Waals surface area contributed by atoms with Gasteiger partial charge < -0.3 is 82.4 Å². The molecule has 0 aliphatic carbocycles. The predicted octanol–water partition coefficient (Wildman–Crippen LogP) is -2.34. The number of esters is 1. The molecule has 442 valence electrons. The zero-order chi connectivity index (χ0) is 59.7. The van der Waals surface area contributed by atoms with Crippen molar-refractivity contribution in [2.24, 2.45) is 17.6 Å². The summed E-state index contributed by atoms with van der Waals surface area (Å²) < 4.78 is 11.2. The molecule has 4 rings (SSSR count). The first kappa shape index (κ1) is 65.1. The van der Waals surface area contributed by atoms with Crippen molar-refractivity contribution in [3.05, 3.63) is 59.7 Å². The summed E-state index contributed by atoms with van der Waals surface area (Å²) in [5.74, 6) is -10.9. The first-order valence-corrected chi connectivity index (χ1v) is 26.7. The number of aliphatic hydroxyl groups is 4. The fourth-order valence-corrected chi connectivity index (χ4v) is 9.22. The molecule has 26 nitrogen and oxygen atoms in total. The third kappa shape index (κ3) is 18.1. The molecule has 80 heavy (non-hydrogen) atoms. The van der Waals surface area contributed by atoms with Gasteiger partial charge in [-0.25, -0.2) is 4.79 Å². The lowest BCUT2D eigenvalue weighted by atomic mass is 9.95. The molecule has 0 aromatic heterocycles. The number of rotatable bonds is 21. The molecule has 2 bridgehead atoms. The second kappa shape index (κ2) is 30.2. The number of hydrogen-bond acceptors (Lipinski definition) is 17. The number of nitrogens with two attached hydrogens (primary N) is 1. The van der Waals surface area contributed by atoms with E-state index in [2.05, 4.69) is 31.9 Å². The number of benzene rings is 2. The van der Waals surface area contributed by atoms with Gasteiger partial charge in [-0.3, -0.25) is 43.2 Å². The maximum absolute atomic E-state index is 14.8. The van der Waals surface area contributed by atoms with Gasteiger partial charge in [0.1, 0.15) is 72.2 Å². The first-order chi connectivity index (χ1) is 37.7. The number of primary amides is 1. The Balaban J connectivity index is 1.84. The number of aryl methyl sites for hydroxylation is 1. The fraction of sp³-hybridized carbons (Fsp3) is 0.593. The Labute approximate surface area is 464 Å². The number of aliphatic hydroxyl groups excluding tert-OH is 4. The highest BCUT2D eigenvalue weighted by Gasteiger charge is 2.47. The van der Waals surface area contributed by atoms with Crippen LogP contribution in [0.25, 0.3) is 0 Å². The van der Waals surface area contributed by atoms with Crippen LogP contribution in [0.2, 0.25) is 0 Å². The Kier molecular flexibility index (Phi) is 24.6. The van der Waals surface area contributed by atoms with E-state index >= 15 is 0 Å². The molecule has 13 atom stereocenters. The van der Waals surface area contributed by atoms with Gasteiger partial charge in [-0.2, -0.15) is 0 Å². The minimum absolute atomic E-state index is 0.0452. The largest absolute Gasteiger partial charge is 0.508 e. The van der Waals surface area contributed by atoms with Crippen molar-refractivity contribution in [3.63, 3.8) is 0 Å². The third-order valence-corrected chi connectivity index (χ3v) is 14.2. The van der Waals surface area contributed by atoms with E-state index in [1.54, 1.807) is 64.1 Å². The van der Waals surface area contributed by atoms with E-state index in [0.29, 0.717) is 16.9 Å². The Bertz CT molecular complexity index is 2500.